The van der Waals surface area contributed by atoms with Gasteiger partial charge in [-0.3, -0.25) is 4.79 Å². The normalized spacial score (nSPS) is 13.3. The standard InChI is InChI=1S/C29H50O/c1-4-6-8-10-11-12-13-14-15-16-21-25-29(27(3)30,24-20-9-7-5-2)26-28-22-18-17-19-23-28/h17-19,22-23H,4-16,20-21,24-26H2,1-3H3. The fourth-order valence-electron chi connectivity index (χ4n) is 4.78. The Labute approximate surface area is 188 Å². The van der Waals surface area contributed by atoms with E-state index in [9.17, 15) is 4.79 Å². The minimum atomic E-state index is -0.144. The van der Waals surface area contributed by atoms with Crippen LogP contribution in [-0.4, -0.2) is 5.78 Å². The van der Waals surface area contributed by atoms with Crippen molar-refractivity contribution >= 4 is 5.78 Å². The van der Waals surface area contributed by atoms with Crippen LogP contribution in [0.4, 0.5) is 0 Å². The Bertz CT molecular complexity index is 520. The van der Waals surface area contributed by atoms with Gasteiger partial charge in [0.2, 0.25) is 0 Å². The molecule has 0 radical (unpaired) electrons. The molecule has 0 amide bonds. The lowest BCUT2D eigenvalue weighted by Gasteiger charge is -2.32. The number of ketones is 1. The fraction of sp³-hybridized carbons (Fsp3) is 0.759. The van der Waals surface area contributed by atoms with Crippen LogP contribution in [0.1, 0.15) is 135 Å². The molecule has 0 fully saturated rings. The van der Waals surface area contributed by atoms with Crippen LogP contribution in [0.3, 0.4) is 0 Å². The van der Waals surface area contributed by atoms with E-state index in [-0.39, 0.29) is 5.41 Å². The average Bonchev–Trinajstić information content (AvgIpc) is 2.75. The van der Waals surface area contributed by atoms with Gasteiger partial charge < -0.3 is 0 Å². The number of carbonyl (C=O) groups is 1. The number of carbonyl (C=O) groups excluding carboxylic acids is 1. The Hall–Kier alpha value is -1.11. The van der Waals surface area contributed by atoms with E-state index in [4.69, 9.17) is 0 Å². The minimum Gasteiger partial charge on any atom is -0.299 e. The van der Waals surface area contributed by atoms with E-state index in [0.29, 0.717) is 5.78 Å². The van der Waals surface area contributed by atoms with Crippen LogP contribution >= 0.6 is 0 Å². The summed E-state index contributed by atoms with van der Waals surface area (Å²) >= 11 is 0. The number of hydrogen-bond donors (Lipinski definition) is 0. The average molecular weight is 415 g/mol. The first-order valence-corrected chi connectivity index (χ1v) is 13.2. The molecule has 0 aliphatic rings. The molecule has 0 aromatic heterocycles. The quantitative estimate of drug-likeness (QED) is 0.194. The van der Waals surface area contributed by atoms with Gasteiger partial charge in [-0.1, -0.05) is 140 Å². The zero-order chi connectivity index (χ0) is 21.9. The summed E-state index contributed by atoms with van der Waals surface area (Å²) in [4.78, 5) is 12.8. The maximum atomic E-state index is 12.8. The van der Waals surface area contributed by atoms with Crippen LogP contribution in [0.15, 0.2) is 30.3 Å². The molecule has 0 bridgehead atoms. The van der Waals surface area contributed by atoms with Crippen molar-refractivity contribution in [2.75, 3.05) is 0 Å². The van der Waals surface area contributed by atoms with Crippen LogP contribution in [0.2, 0.25) is 0 Å². The molecule has 0 spiro atoms. The van der Waals surface area contributed by atoms with Gasteiger partial charge in [-0.15, -0.1) is 0 Å². The molecule has 0 N–H and O–H groups in total. The topological polar surface area (TPSA) is 17.1 Å². The molecular weight excluding hydrogens is 364 g/mol. The van der Waals surface area contributed by atoms with Crippen molar-refractivity contribution in [2.24, 2.45) is 5.41 Å². The predicted octanol–water partition coefficient (Wildman–Crippen LogP) is 9.48. The number of hydrogen-bond acceptors (Lipinski definition) is 1. The van der Waals surface area contributed by atoms with Crippen LogP contribution in [0.5, 0.6) is 0 Å². The van der Waals surface area contributed by atoms with E-state index in [2.05, 4.69) is 44.2 Å². The van der Waals surface area contributed by atoms with E-state index in [1.165, 1.54) is 102 Å². The van der Waals surface area contributed by atoms with E-state index >= 15 is 0 Å². The molecule has 1 aromatic rings. The number of benzene rings is 1. The molecule has 1 nitrogen and oxygen atoms in total. The van der Waals surface area contributed by atoms with Crippen molar-refractivity contribution in [1.82, 2.24) is 0 Å². The molecule has 0 saturated heterocycles. The smallest absolute Gasteiger partial charge is 0.136 e. The van der Waals surface area contributed by atoms with Gasteiger partial charge in [0.15, 0.2) is 0 Å². The maximum absolute atomic E-state index is 12.8. The molecule has 0 saturated carbocycles. The predicted molar refractivity (Wildman–Crippen MR) is 133 cm³/mol. The van der Waals surface area contributed by atoms with Gasteiger partial charge in [-0.2, -0.15) is 0 Å². The minimum absolute atomic E-state index is 0.144. The van der Waals surface area contributed by atoms with Crippen LogP contribution < -0.4 is 0 Å². The van der Waals surface area contributed by atoms with Crippen molar-refractivity contribution < 1.29 is 4.79 Å². The first-order valence-electron chi connectivity index (χ1n) is 13.2. The molecule has 172 valence electrons. The van der Waals surface area contributed by atoms with Crippen molar-refractivity contribution in [3.8, 4) is 0 Å². The Morgan fingerprint density at radius 2 is 1.03 bits per heavy atom. The second-order valence-electron chi connectivity index (χ2n) is 9.60. The molecule has 1 unspecified atom stereocenters. The lowest BCUT2D eigenvalue weighted by atomic mass is 9.71. The van der Waals surface area contributed by atoms with Crippen molar-refractivity contribution in [3.05, 3.63) is 35.9 Å². The summed E-state index contributed by atoms with van der Waals surface area (Å²) in [5, 5.41) is 0. The highest BCUT2D eigenvalue weighted by molar-refractivity contribution is 5.82. The summed E-state index contributed by atoms with van der Waals surface area (Å²) in [6, 6.07) is 10.7. The van der Waals surface area contributed by atoms with E-state index < -0.39 is 0 Å². The maximum Gasteiger partial charge on any atom is 0.136 e. The van der Waals surface area contributed by atoms with Crippen molar-refractivity contribution in [1.29, 1.82) is 0 Å². The molecule has 0 heterocycles. The molecule has 1 rings (SSSR count). The van der Waals surface area contributed by atoms with E-state index in [0.717, 1.165) is 19.3 Å². The van der Waals surface area contributed by atoms with Gasteiger partial charge in [0, 0.05) is 5.41 Å². The summed E-state index contributed by atoms with van der Waals surface area (Å²) < 4.78 is 0. The molecular formula is C29H50O. The molecule has 30 heavy (non-hydrogen) atoms. The van der Waals surface area contributed by atoms with Gasteiger partial charge in [-0.05, 0) is 31.7 Å². The van der Waals surface area contributed by atoms with E-state index in [1.54, 1.807) is 0 Å². The molecule has 1 atom stereocenters. The highest BCUT2D eigenvalue weighted by Gasteiger charge is 2.34. The van der Waals surface area contributed by atoms with Gasteiger partial charge in [0.25, 0.3) is 0 Å². The van der Waals surface area contributed by atoms with Crippen molar-refractivity contribution in [2.45, 2.75) is 136 Å². The SMILES string of the molecule is CCCCCCCCCCCCCC(CCCCCC)(Cc1ccccc1)C(C)=O. The Kier molecular flexibility index (Phi) is 15.8. The second-order valence-corrected chi connectivity index (χ2v) is 9.60. The third-order valence-electron chi connectivity index (χ3n) is 6.90. The van der Waals surface area contributed by atoms with Gasteiger partial charge in [-0.25, -0.2) is 0 Å². The Balaban J connectivity index is 2.42. The third-order valence-corrected chi connectivity index (χ3v) is 6.90. The number of rotatable bonds is 20. The molecule has 1 aromatic carbocycles. The lowest BCUT2D eigenvalue weighted by molar-refractivity contribution is -0.127. The number of Topliss-reactive ketones (excluding diaryl/α,β-unsaturated/α-hetero) is 1. The second kappa shape index (κ2) is 17.6. The lowest BCUT2D eigenvalue weighted by Crippen LogP contribution is -2.32. The highest BCUT2D eigenvalue weighted by atomic mass is 16.1. The van der Waals surface area contributed by atoms with Gasteiger partial charge >= 0.3 is 0 Å². The van der Waals surface area contributed by atoms with E-state index in [1.807, 2.05) is 6.92 Å². The van der Waals surface area contributed by atoms with Crippen LogP contribution in [-0.2, 0) is 11.2 Å². The monoisotopic (exact) mass is 414 g/mol. The Morgan fingerprint density at radius 1 is 0.633 bits per heavy atom. The largest absolute Gasteiger partial charge is 0.299 e. The summed E-state index contributed by atoms with van der Waals surface area (Å²) in [7, 11) is 0. The summed E-state index contributed by atoms with van der Waals surface area (Å²) in [6.07, 6.45) is 23.1. The van der Waals surface area contributed by atoms with Crippen LogP contribution in [0.25, 0.3) is 0 Å². The zero-order valence-electron chi connectivity index (χ0n) is 20.5. The highest BCUT2D eigenvalue weighted by Crippen LogP contribution is 2.37. The molecule has 1 heteroatoms. The summed E-state index contributed by atoms with van der Waals surface area (Å²) in [6.45, 7) is 6.39. The van der Waals surface area contributed by atoms with Gasteiger partial charge in [0.1, 0.15) is 5.78 Å². The fourth-order valence-corrected chi connectivity index (χ4v) is 4.78. The third kappa shape index (κ3) is 11.9. The number of unbranched alkanes of at least 4 members (excludes halogenated alkanes) is 13. The first kappa shape index (κ1) is 26.9. The summed E-state index contributed by atoms with van der Waals surface area (Å²) in [5.41, 5.74) is 1.18. The summed E-state index contributed by atoms with van der Waals surface area (Å²) in [5.74, 6) is 0.412. The first-order chi connectivity index (χ1) is 14.6. The molecule has 0 aliphatic heterocycles. The molecule has 0 aliphatic carbocycles. The van der Waals surface area contributed by atoms with Crippen molar-refractivity contribution in [3.63, 3.8) is 0 Å². The van der Waals surface area contributed by atoms with Gasteiger partial charge in [0.05, 0.1) is 0 Å². The van der Waals surface area contributed by atoms with Crippen LogP contribution in [0, 0.1) is 5.41 Å². The Morgan fingerprint density at radius 3 is 1.47 bits per heavy atom. The zero-order valence-corrected chi connectivity index (χ0v) is 20.5.